The van der Waals surface area contributed by atoms with E-state index in [0.29, 0.717) is 17.2 Å². The molecule has 0 atom stereocenters. The first-order valence-electron chi connectivity index (χ1n) is 7.67. The highest BCUT2D eigenvalue weighted by molar-refractivity contribution is 6.05. The van der Waals surface area contributed by atoms with Crippen molar-refractivity contribution in [3.63, 3.8) is 0 Å². The maximum atomic E-state index is 12.6. The zero-order valence-electron chi connectivity index (χ0n) is 14.2. The van der Waals surface area contributed by atoms with E-state index in [9.17, 15) is 9.59 Å². The van der Waals surface area contributed by atoms with E-state index in [-0.39, 0.29) is 11.1 Å². The van der Waals surface area contributed by atoms with Gasteiger partial charge in [0.1, 0.15) is 5.56 Å². The number of aryl methyl sites for hydroxylation is 1. The standard InChI is InChI=1S/C19H18N2O4/c1-21-15-7-5-4-6-12(15)10-14(19(21)23)18(22)20-13-8-9-16(24-2)17(11-13)25-3/h4-11H,1-3H3,(H,20,22). The number of anilines is 1. The van der Waals surface area contributed by atoms with Crippen LogP contribution in [-0.2, 0) is 7.05 Å². The maximum absolute atomic E-state index is 12.6. The summed E-state index contributed by atoms with van der Waals surface area (Å²) in [6, 6.07) is 14.0. The van der Waals surface area contributed by atoms with Gasteiger partial charge in [-0.1, -0.05) is 18.2 Å². The molecule has 128 valence electrons. The highest BCUT2D eigenvalue weighted by atomic mass is 16.5. The van der Waals surface area contributed by atoms with Gasteiger partial charge in [0, 0.05) is 18.8 Å². The van der Waals surface area contributed by atoms with Crippen LogP contribution < -0.4 is 20.3 Å². The average molecular weight is 338 g/mol. The van der Waals surface area contributed by atoms with Crippen molar-refractivity contribution in [2.24, 2.45) is 7.05 Å². The van der Waals surface area contributed by atoms with Crippen LogP contribution in [0.2, 0.25) is 0 Å². The summed E-state index contributed by atoms with van der Waals surface area (Å²) in [5, 5.41) is 3.55. The molecular formula is C19H18N2O4. The lowest BCUT2D eigenvalue weighted by molar-refractivity contribution is 0.102. The van der Waals surface area contributed by atoms with Gasteiger partial charge in [0.2, 0.25) is 0 Å². The van der Waals surface area contributed by atoms with Crippen molar-refractivity contribution in [3.8, 4) is 11.5 Å². The highest BCUT2D eigenvalue weighted by Gasteiger charge is 2.15. The van der Waals surface area contributed by atoms with E-state index in [1.54, 1.807) is 31.3 Å². The van der Waals surface area contributed by atoms with Gasteiger partial charge in [0.25, 0.3) is 11.5 Å². The van der Waals surface area contributed by atoms with Crippen LogP contribution in [0.1, 0.15) is 10.4 Å². The van der Waals surface area contributed by atoms with E-state index in [0.717, 1.165) is 10.9 Å². The molecule has 6 nitrogen and oxygen atoms in total. The van der Waals surface area contributed by atoms with E-state index in [2.05, 4.69) is 5.32 Å². The molecule has 0 aliphatic heterocycles. The van der Waals surface area contributed by atoms with Crippen LogP contribution >= 0.6 is 0 Å². The lowest BCUT2D eigenvalue weighted by Crippen LogP contribution is -2.27. The predicted octanol–water partition coefficient (Wildman–Crippen LogP) is 2.81. The smallest absolute Gasteiger partial charge is 0.263 e. The monoisotopic (exact) mass is 338 g/mol. The summed E-state index contributed by atoms with van der Waals surface area (Å²) < 4.78 is 11.9. The molecule has 0 unspecified atom stereocenters. The third-order valence-corrected chi connectivity index (χ3v) is 4.02. The van der Waals surface area contributed by atoms with E-state index in [4.69, 9.17) is 9.47 Å². The maximum Gasteiger partial charge on any atom is 0.263 e. The SMILES string of the molecule is COc1ccc(NC(=O)c2cc3ccccc3n(C)c2=O)cc1OC. The lowest BCUT2D eigenvalue weighted by Gasteiger charge is -2.11. The van der Waals surface area contributed by atoms with Gasteiger partial charge in [-0.25, -0.2) is 0 Å². The second kappa shape index (κ2) is 6.68. The molecule has 0 saturated heterocycles. The average Bonchev–Trinajstić information content (AvgIpc) is 2.64. The van der Waals surface area contributed by atoms with Gasteiger partial charge in [-0.3, -0.25) is 9.59 Å². The normalized spacial score (nSPS) is 10.5. The zero-order valence-corrected chi connectivity index (χ0v) is 14.2. The minimum Gasteiger partial charge on any atom is -0.493 e. The lowest BCUT2D eigenvalue weighted by atomic mass is 10.1. The number of benzene rings is 2. The number of fused-ring (bicyclic) bond motifs is 1. The molecule has 0 radical (unpaired) electrons. The molecule has 3 rings (SSSR count). The van der Waals surface area contributed by atoms with Crippen LogP contribution in [0.15, 0.2) is 53.3 Å². The van der Waals surface area contributed by atoms with Crippen molar-refractivity contribution in [2.45, 2.75) is 0 Å². The molecular weight excluding hydrogens is 320 g/mol. The Bertz CT molecular complexity index is 1010. The number of rotatable bonds is 4. The third-order valence-electron chi connectivity index (χ3n) is 4.02. The first-order valence-corrected chi connectivity index (χ1v) is 7.67. The minimum absolute atomic E-state index is 0.0796. The summed E-state index contributed by atoms with van der Waals surface area (Å²) in [7, 11) is 4.70. The van der Waals surface area contributed by atoms with Crippen LogP contribution in [0.25, 0.3) is 10.9 Å². The Morgan fingerprint density at radius 2 is 1.72 bits per heavy atom. The molecule has 3 aromatic rings. The number of amides is 1. The second-order valence-corrected chi connectivity index (χ2v) is 5.50. The van der Waals surface area contributed by atoms with Crippen molar-refractivity contribution in [1.82, 2.24) is 4.57 Å². The number of carbonyl (C=O) groups is 1. The summed E-state index contributed by atoms with van der Waals surface area (Å²) in [6.45, 7) is 0. The molecule has 0 saturated carbocycles. The van der Waals surface area contributed by atoms with E-state index >= 15 is 0 Å². The fraction of sp³-hybridized carbons (Fsp3) is 0.158. The van der Waals surface area contributed by atoms with Gasteiger partial charge in [-0.15, -0.1) is 0 Å². The number of carbonyl (C=O) groups excluding carboxylic acids is 1. The molecule has 1 amide bonds. The number of nitrogens with zero attached hydrogens (tertiary/aromatic N) is 1. The Balaban J connectivity index is 1.98. The third kappa shape index (κ3) is 3.06. The number of pyridine rings is 1. The molecule has 0 aliphatic carbocycles. The van der Waals surface area contributed by atoms with Gasteiger partial charge in [0.15, 0.2) is 11.5 Å². The van der Waals surface area contributed by atoms with Crippen molar-refractivity contribution in [1.29, 1.82) is 0 Å². The first-order chi connectivity index (χ1) is 12.0. The minimum atomic E-state index is -0.474. The zero-order chi connectivity index (χ0) is 18.0. The number of methoxy groups -OCH3 is 2. The first kappa shape index (κ1) is 16.6. The van der Waals surface area contributed by atoms with Crippen molar-refractivity contribution < 1.29 is 14.3 Å². The van der Waals surface area contributed by atoms with E-state index < -0.39 is 5.91 Å². The molecule has 0 spiro atoms. The number of nitrogens with one attached hydrogen (secondary N) is 1. The van der Waals surface area contributed by atoms with Gasteiger partial charge in [-0.05, 0) is 29.7 Å². The summed E-state index contributed by atoms with van der Waals surface area (Å²) in [5.41, 5.74) is 1.01. The molecule has 1 N–H and O–H groups in total. The largest absolute Gasteiger partial charge is 0.493 e. The van der Waals surface area contributed by atoms with Crippen LogP contribution in [0.5, 0.6) is 11.5 Å². The fourth-order valence-electron chi connectivity index (χ4n) is 2.70. The second-order valence-electron chi connectivity index (χ2n) is 5.50. The van der Waals surface area contributed by atoms with Crippen LogP contribution in [-0.4, -0.2) is 24.7 Å². The Morgan fingerprint density at radius 1 is 1.00 bits per heavy atom. The van der Waals surface area contributed by atoms with Crippen LogP contribution in [0.4, 0.5) is 5.69 Å². The molecule has 2 aromatic carbocycles. The number of hydrogen-bond acceptors (Lipinski definition) is 4. The molecule has 25 heavy (non-hydrogen) atoms. The highest BCUT2D eigenvalue weighted by Crippen LogP contribution is 2.29. The predicted molar refractivity (Wildman–Crippen MR) is 96.7 cm³/mol. The fourth-order valence-corrected chi connectivity index (χ4v) is 2.70. The Kier molecular flexibility index (Phi) is 4.43. The van der Waals surface area contributed by atoms with Crippen LogP contribution in [0.3, 0.4) is 0 Å². The summed E-state index contributed by atoms with van der Waals surface area (Å²) in [4.78, 5) is 25.1. The molecule has 1 aromatic heterocycles. The summed E-state index contributed by atoms with van der Waals surface area (Å²) in [5.74, 6) is 0.576. The molecule has 0 bridgehead atoms. The number of ether oxygens (including phenoxy) is 2. The number of hydrogen-bond donors (Lipinski definition) is 1. The number of para-hydroxylation sites is 1. The topological polar surface area (TPSA) is 69.6 Å². The molecule has 1 heterocycles. The van der Waals surface area contributed by atoms with Gasteiger partial charge in [-0.2, -0.15) is 0 Å². The quantitative estimate of drug-likeness (QED) is 0.794. The Hall–Kier alpha value is -3.28. The summed E-state index contributed by atoms with van der Waals surface area (Å²) in [6.07, 6.45) is 0. The van der Waals surface area contributed by atoms with Crippen molar-refractivity contribution in [3.05, 3.63) is 64.4 Å². The summed E-state index contributed by atoms with van der Waals surface area (Å²) >= 11 is 0. The van der Waals surface area contributed by atoms with E-state index in [1.165, 1.54) is 18.8 Å². The van der Waals surface area contributed by atoms with Crippen molar-refractivity contribution >= 4 is 22.5 Å². The number of aromatic nitrogens is 1. The Labute approximate surface area is 144 Å². The molecule has 0 fully saturated rings. The van der Waals surface area contributed by atoms with E-state index in [1.807, 2.05) is 24.3 Å². The van der Waals surface area contributed by atoms with Gasteiger partial charge in [0.05, 0.1) is 19.7 Å². The molecule has 6 heteroatoms. The molecule has 0 aliphatic rings. The van der Waals surface area contributed by atoms with Crippen LogP contribution in [0, 0.1) is 0 Å². The Morgan fingerprint density at radius 3 is 2.44 bits per heavy atom. The van der Waals surface area contributed by atoms with Gasteiger partial charge < -0.3 is 19.4 Å². The van der Waals surface area contributed by atoms with Gasteiger partial charge >= 0.3 is 0 Å². The van der Waals surface area contributed by atoms with Crippen molar-refractivity contribution in [2.75, 3.05) is 19.5 Å².